The maximum atomic E-state index is 8.65. The molecule has 0 bridgehead atoms. The van der Waals surface area contributed by atoms with E-state index in [4.69, 9.17) is 9.84 Å². The Labute approximate surface area is 99.6 Å². The van der Waals surface area contributed by atoms with Crippen LogP contribution in [-0.4, -0.2) is 38.0 Å². The van der Waals surface area contributed by atoms with Crippen molar-refractivity contribution in [2.45, 2.75) is 45.4 Å². The zero-order valence-corrected chi connectivity index (χ0v) is 10.6. The molecule has 0 amide bonds. The number of unbranched alkanes of at least 4 members (excludes halogenated alkanes) is 3. The molecule has 1 heterocycles. The average Bonchev–Trinajstić information content (AvgIpc) is 2.29. The number of hydrogen-bond acceptors (Lipinski definition) is 3. The summed E-state index contributed by atoms with van der Waals surface area (Å²) in [5.41, 5.74) is 0.448. The van der Waals surface area contributed by atoms with Gasteiger partial charge in [-0.15, -0.1) is 0 Å². The molecule has 3 heteroatoms. The predicted molar refractivity (Wildman–Crippen MR) is 66.6 cm³/mol. The topological polar surface area (TPSA) is 41.5 Å². The molecule has 1 fully saturated rings. The van der Waals surface area contributed by atoms with Crippen LogP contribution >= 0.6 is 0 Å². The minimum absolute atomic E-state index is 0.339. The van der Waals surface area contributed by atoms with Gasteiger partial charge in [-0.05, 0) is 37.6 Å². The molecule has 0 aromatic rings. The molecule has 1 aliphatic heterocycles. The van der Waals surface area contributed by atoms with E-state index in [1.807, 2.05) is 0 Å². The van der Waals surface area contributed by atoms with E-state index in [1.54, 1.807) is 0 Å². The molecule has 16 heavy (non-hydrogen) atoms. The summed E-state index contributed by atoms with van der Waals surface area (Å²) < 4.78 is 5.39. The van der Waals surface area contributed by atoms with Crippen LogP contribution in [-0.2, 0) is 4.74 Å². The molecule has 1 rings (SSSR count). The fraction of sp³-hybridized carbons (Fsp3) is 1.00. The Hall–Kier alpha value is -0.120. The van der Waals surface area contributed by atoms with Gasteiger partial charge >= 0.3 is 0 Å². The smallest absolute Gasteiger partial charge is 0.0471 e. The maximum absolute atomic E-state index is 8.65. The molecule has 1 aliphatic rings. The number of rotatable bonds is 8. The molecule has 0 spiro atoms. The zero-order chi connectivity index (χ0) is 11.7. The van der Waals surface area contributed by atoms with Crippen LogP contribution in [0.3, 0.4) is 0 Å². The first-order chi connectivity index (χ1) is 7.77. The number of nitrogens with one attached hydrogen (secondary N) is 1. The van der Waals surface area contributed by atoms with Crippen molar-refractivity contribution in [3.8, 4) is 0 Å². The molecule has 0 aromatic heterocycles. The summed E-state index contributed by atoms with van der Waals surface area (Å²) in [6.45, 7) is 6.78. The molecule has 0 unspecified atom stereocenters. The third kappa shape index (κ3) is 5.83. The van der Waals surface area contributed by atoms with Gasteiger partial charge in [-0.2, -0.15) is 0 Å². The zero-order valence-electron chi connectivity index (χ0n) is 10.6. The Morgan fingerprint density at radius 3 is 2.50 bits per heavy atom. The van der Waals surface area contributed by atoms with Crippen LogP contribution in [0.5, 0.6) is 0 Å². The van der Waals surface area contributed by atoms with Crippen molar-refractivity contribution in [1.29, 1.82) is 0 Å². The van der Waals surface area contributed by atoms with Gasteiger partial charge in [-0.3, -0.25) is 0 Å². The van der Waals surface area contributed by atoms with Gasteiger partial charge in [0.15, 0.2) is 0 Å². The monoisotopic (exact) mass is 229 g/mol. The Balaban J connectivity index is 1.93. The van der Waals surface area contributed by atoms with Gasteiger partial charge in [-0.1, -0.05) is 19.8 Å². The Bertz CT molecular complexity index is 167. The highest BCUT2D eigenvalue weighted by Crippen LogP contribution is 2.28. The first kappa shape index (κ1) is 13.9. The SMILES string of the molecule is CC1(CNCCCCCCO)CCOCC1. The van der Waals surface area contributed by atoms with Crippen LogP contribution in [0.15, 0.2) is 0 Å². The minimum Gasteiger partial charge on any atom is -0.396 e. The van der Waals surface area contributed by atoms with Crippen LogP contribution in [0.25, 0.3) is 0 Å². The van der Waals surface area contributed by atoms with Crippen LogP contribution in [0.2, 0.25) is 0 Å². The second-order valence-electron chi connectivity index (χ2n) is 5.24. The van der Waals surface area contributed by atoms with E-state index in [2.05, 4.69) is 12.2 Å². The van der Waals surface area contributed by atoms with Gasteiger partial charge in [-0.25, -0.2) is 0 Å². The Kier molecular flexibility index (Phi) is 7.01. The highest BCUT2D eigenvalue weighted by molar-refractivity contribution is 4.79. The summed E-state index contributed by atoms with van der Waals surface area (Å²) in [5.74, 6) is 0. The van der Waals surface area contributed by atoms with E-state index in [0.717, 1.165) is 39.1 Å². The summed E-state index contributed by atoms with van der Waals surface area (Å²) in [5, 5.41) is 12.2. The second-order valence-corrected chi connectivity index (χ2v) is 5.24. The van der Waals surface area contributed by atoms with E-state index >= 15 is 0 Å². The van der Waals surface area contributed by atoms with Gasteiger partial charge in [0.1, 0.15) is 0 Å². The summed E-state index contributed by atoms with van der Waals surface area (Å²) in [4.78, 5) is 0. The lowest BCUT2D eigenvalue weighted by Crippen LogP contribution is -2.37. The van der Waals surface area contributed by atoms with Crippen molar-refractivity contribution in [2.75, 3.05) is 32.9 Å². The van der Waals surface area contributed by atoms with Crippen molar-refractivity contribution in [3.05, 3.63) is 0 Å². The quantitative estimate of drug-likeness (QED) is 0.625. The second kappa shape index (κ2) is 8.04. The van der Waals surface area contributed by atoms with Gasteiger partial charge in [0, 0.05) is 26.4 Å². The number of aliphatic hydroxyl groups is 1. The van der Waals surface area contributed by atoms with Gasteiger partial charge in [0.05, 0.1) is 0 Å². The normalized spacial score (nSPS) is 19.9. The van der Waals surface area contributed by atoms with E-state index in [-0.39, 0.29) is 0 Å². The van der Waals surface area contributed by atoms with Crippen molar-refractivity contribution in [2.24, 2.45) is 5.41 Å². The Morgan fingerprint density at radius 1 is 1.12 bits per heavy atom. The molecule has 2 N–H and O–H groups in total. The van der Waals surface area contributed by atoms with Crippen LogP contribution in [0.4, 0.5) is 0 Å². The molecular formula is C13H27NO2. The van der Waals surface area contributed by atoms with Crippen molar-refractivity contribution < 1.29 is 9.84 Å². The fourth-order valence-electron chi connectivity index (χ4n) is 2.15. The van der Waals surface area contributed by atoms with Crippen LogP contribution < -0.4 is 5.32 Å². The molecule has 0 atom stereocenters. The lowest BCUT2D eigenvalue weighted by molar-refractivity contribution is 0.0242. The first-order valence-corrected chi connectivity index (χ1v) is 6.66. The van der Waals surface area contributed by atoms with Crippen molar-refractivity contribution >= 4 is 0 Å². The molecule has 0 aliphatic carbocycles. The maximum Gasteiger partial charge on any atom is 0.0471 e. The molecule has 96 valence electrons. The first-order valence-electron chi connectivity index (χ1n) is 6.66. The lowest BCUT2D eigenvalue weighted by Gasteiger charge is -2.33. The summed E-state index contributed by atoms with van der Waals surface area (Å²) >= 11 is 0. The van der Waals surface area contributed by atoms with E-state index in [9.17, 15) is 0 Å². The van der Waals surface area contributed by atoms with Crippen LogP contribution in [0.1, 0.15) is 45.4 Å². The summed E-state index contributed by atoms with van der Waals surface area (Å²) in [6.07, 6.45) is 6.94. The third-order valence-corrected chi connectivity index (χ3v) is 3.51. The predicted octanol–water partition coefficient (Wildman–Crippen LogP) is 1.95. The van der Waals surface area contributed by atoms with Crippen LogP contribution in [0, 0.1) is 5.41 Å². The number of hydrogen-bond donors (Lipinski definition) is 2. The number of ether oxygens (including phenoxy) is 1. The van der Waals surface area contributed by atoms with Crippen molar-refractivity contribution in [3.63, 3.8) is 0 Å². The molecule has 0 radical (unpaired) electrons. The van der Waals surface area contributed by atoms with E-state index in [0.29, 0.717) is 12.0 Å². The third-order valence-electron chi connectivity index (χ3n) is 3.51. The molecule has 0 aromatic carbocycles. The van der Waals surface area contributed by atoms with Gasteiger partial charge in [0.2, 0.25) is 0 Å². The lowest BCUT2D eigenvalue weighted by atomic mass is 9.82. The van der Waals surface area contributed by atoms with E-state index in [1.165, 1.54) is 25.7 Å². The molecule has 1 saturated heterocycles. The van der Waals surface area contributed by atoms with Crippen molar-refractivity contribution in [1.82, 2.24) is 5.32 Å². The highest BCUT2D eigenvalue weighted by Gasteiger charge is 2.26. The standard InChI is InChI=1S/C13H27NO2/c1-13(6-10-16-11-7-13)12-14-8-4-2-3-5-9-15/h14-15H,2-12H2,1H3. The number of aliphatic hydroxyl groups excluding tert-OH is 1. The summed E-state index contributed by atoms with van der Waals surface area (Å²) in [7, 11) is 0. The molecule has 3 nitrogen and oxygen atoms in total. The van der Waals surface area contributed by atoms with E-state index < -0.39 is 0 Å². The fourth-order valence-corrected chi connectivity index (χ4v) is 2.15. The summed E-state index contributed by atoms with van der Waals surface area (Å²) in [6, 6.07) is 0. The largest absolute Gasteiger partial charge is 0.396 e. The van der Waals surface area contributed by atoms with Gasteiger partial charge < -0.3 is 15.2 Å². The molecule has 0 saturated carbocycles. The molecular weight excluding hydrogens is 202 g/mol. The van der Waals surface area contributed by atoms with Gasteiger partial charge in [0.25, 0.3) is 0 Å². The highest BCUT2D eigenvalue weighted by atomic mass is 16.5. The Morgan fingerprint density at radius 2 is 1.81 bits per heavy atom. The minimum atomic E-state index is 0.339. The average molecular weight is 229 g/mol.